The lowest BCUT2D eigenvalue weighted by Crippen LogP contribution is -2.33. The number of fused-ring (bicyclic) bond motifs is 3. The monoisotopic (exact) mass is 172 g/mol. The summed E-state index contributed by atoms with van der Waals surface area (Å²) in [5.74, 6) is 0. The summed E-state index contributed by atoms with van der Waals surface area (Å²) < 4.78 is 0. The molecule has 3 aliphatic rings. The van der Waals surface area contributed by atoms with Gasteiger partial charge in [-0.25, -0.2) is 0 Å². The Hall–Kier alpha value is -1.28. The predicted molar refractivity (Wildman–Crippen MR) is 52.9 cm³/mol. The molecule has 2 aliphatic heterocycles. The van der Waals surface area contributed by atoms with Crippen LogP contribution in [0.1, 0.15) is 0 Å². The highest BCUT2D eigenvalue weighted by Crippen LogP contribution is 2.24. The molecule has 2 heteroatoms. The topological polar surface area (TPSA) is 15.3 Å². The summed E-state index contributed by atoms with van der Waals surface area (Å²) in [5.41, 5.74) is 0. The third kappa shape index (κ3) is 0.988. The van der Waals surface area contributed by atoms with Crippen molar-refractivity contribution in [2.24, 2.45) is 0 Å². The maximum absolute atomic E-state index is 3.54. The van der Waals surface area contributed by atoms with E-state index in [9.17, 15) is 0 Å². The lowest BCUT2D eigenvalue weighted by Gasteiger charge is -2.27. The Balaban J connectivity index is 1.95. The van der Waals surface area contributed by atoms with Crippen LogP contribution in [0.15, 0.2) is 48.7 Å². The quantitative estimate of drug-likeness (QED) is 0.590. The van der Waals surface area contributed by atoms with Gasteiger partial charge in [-0.05, 0) is 12.2 Å². The van der Waals surface area contributed by atoms with Crippen molar-refractivity contribution in [1.29, 1.82) is 0 Å². The summed E-state index contributed by atoms with van der Waals surface area (Å²) in [4.78, 5) is 2.35. The molecule has 2 heterocycles. The van der Waals surface area contributed by atoms with Crippen molar-refractivity contribution in [3.8, 4) is 0 Å². The minimum atomic E-state index is 0.382. The average Bonchev–Trinajstić information content (AvgIpc) is 2.56. The molecule has 1 saturated heterocycles. The van der Waals surface area contributed by atoms with Gasteiger partial charge < -0.3 is 4.90 Å². The Morgan fingerprint density at radius 2 is 1.77 bits per heavy atom. The fraction of sp³-hybridized carbons (Fsp3) is 0.273. The number of nitrogens with zero attached hydrogens (tertiary/aromatic N) is 1. The maximum atomic E-state index is 3.54. The lowest BCUT2D eigenvalue weighted by atomic mass is 10.0. The molecule has 2 nitrogen and oxygen atoms in total. The molecular formula is C11H12N2. The van der Waals surface area contributed by atoms with Crippen LogP contribution in [0.5, 0.6) is 0 Å². The van der Waals surface area contributed by atoms with Crippen LogP contribution in [0.4, 0.5) is 0 Å². The van der Waals surface area contributed by atoms with Gasteiger partial charge in [-0.3, -0.25) is 5.32 Å². The van der Waals surface area contributed by atoms with Crippen molar-refractivity contribution in [3.05, 3.63) is 48.7 Å². The van der Waals surface area contributed by atoms with E-state index in [2.05, 4.69) is 58.9 Å². The first kappa shape index (κ1) is 7.15. The Morgan fingerprint density at radius 3 is 2.77 bits per heavy atom. The second-order valence-electron chi connectivity index (χ2n) is 3.57. The molecule has 3 atom stereocenters. The highest BCUT2D eigenvalue weighted by molar-refractivity contribution is 5.28. The van der Waals surface area contributed by atoms with Gasteiger partial charge in [0.25, 0.3) is 0 Å². The zero-order valence-corrected chi connectivity index (χ0v) is 7.30. The van der Waals surface area contributed by atoms with Crippen LogP contribution in [-0.4, -0.2) is 23.1 Å². The molecular weight excluding hydrogens is 160 g/mol. The lowest BCUT2D eigenvalue weighted by molar-refractivity contribution is 0.336. The molecule has 0 aromatic rings. The third-order valence-electron chi connectivity index (χ3n) is 2.80. The van der Waals surface area contributed by atoms with Gasteiger partial charge in [-0.1, -0.05) is 30.4 Å². The van der Waals surface area contributed by atoms with Crippen LogP contribution in [0.25, 0.3) is 0 Å². The highest BCUT2D eigenvalue weighted by atomic mass is 15.4. The second-order valence-corrected chi connectivity index (χ2v) is 3.57. The minimum absolute atomic E-state index is 0.382. The zero-order valence-electron chi connectivity index (χ0n) is 7.30. The molecule has 66 valence electrons. The van der Waals surface area contributed by atoms with E-state index in [4.69, 9.17) is 0 Å². The summed E-state index contributed by atoms with van der Waals surface area (Å²) in [6.07, 6.45) is 17.6. The molecule has 3 rings (SSSR count). The first-order valence-electron chi connectivity index (χ1n) is 4.69. The van der Waals surface area contributed by atoms with E-state index in [1.54, 1.807) is 0 Å². The van der Waals surface area contributed by atoms with Gasteiger partial charge in [0.1, 0.15) is 0 Å². The molecule has 0 spiro atoms. The fourth-order valence-electron chi connectivity index (χ4n) is 2.17. The predicted octanol–water partition coefficient (Wildman–Crippen LogP) is 1.16. The summed E-state index contributed by atoms with van der Waals surface area (Å²) in [6.45, 7) is 0. The minimum Gasteiger partial charge on any atom is -0.350 e. The molecule has 1 fully saturated rings. The summed E-state index contributed by atoms with van der Waals surface area (Å²) in [6, 6.07) is 0.971. The van der Waals surface area contributed by atoms with Crippen molar-refractivity contribution in [3.63, 3.8) is 0 Å². The zero-order chi connectivity index (χ0) is 8.67. The highest BCUT2D eigenvalue weighted by Gasteiger charge is 2.35. The summed E-state index contributed by atoms with van der Waals surface area (Å²) in [7, 11) is 0. The summed E-state index contributed by atoms with van der Waals surface area (Å²) >= 11 is 0. The van der Waals surface area contributed by atoms with Crippen LogP contribution < -0.4 is 5.32 Å². The molecule has 13 heavy (non-hydrogen) atoms. The van der Waals surface area contributed by atoms with Gasteiger partial charge in [-0.15, -0.1) is 0 Å². The van der Waals surface area contributed by atoms with E-state index in [0.717, 1.165) is 0 Å². The van der Waals surface area contributed by atoms with Crippen molar-refractivity contribution >= 4 is 0 Å². The van der Waals surface area contributed by atoms with E-state index in [1.807, 2.05) is 0 Å². The van der Waals surface area contributed by atoms with Gasteiger partial charge in [-0.2, -0.15) is 0 Å². The maximum Gasteiger partial charge on any atom is 0.0996 e. The van der Waals surface area contributed by atoms with E-state index in [0.29, 0.717) is 18.2 Å². The van der Waals surface area contributed by atoms with Gasteiger partial charge in [0, 0.05) is 6.20 Å². The molecule has 3 unspecified atom stereocenters. The standard InChI is InChI=1S/C11H12N2/c1-2-6-10-9(5-1)12-11-7-3-4-8-13(10)11/h1-12H. The number of allylic oxidation sites excluding steroid dienone is 4. The normalized spacial score (nSPS) is 39.4. The van der Waals surface area contributed by atoms with Gasteiger partial charge in [0.2, 0.25) is 0 Å². The van der Waals surface area contributed by atoms with Gasteiger partial charge in [0.15, 0.2) is 0 Å². The molecule has 0 aromatic carbocycles. The number of nitrogens with one attached hydrogen (secondary N) is 1. The molecule has 1 aliphatic carbocycles. The molecule has 1 N–H and O–H groups in total. The number of rotatable bonds is 0. The Morgan fingerprint density at radius 1 is 0.923 bits per heavy atom. The Kier molecular flexibility index (Phi) is 1.43. The molecule has 0 saturated carbocycles. The fourth-order valence-corrected chi connectivity index (χ4v) is 2.17. The summed E-state index contributed by atoms with van der Waals surface area (Å²) in [5, 5.41) is 3.54. The molecule has 0 radical (unpaired) electrons. The van der Waals surface area contributed by atoms with Crippen molar-refractivity contribution in [2.45, 2.75) is 18.2 Å². The van der Waals surface area contributed by atoms with Crippen LogP contribution in [0.2, 0.25) is 0 Å². The van der Waals surface area contributed by atoms with E-state index in [1.165, 1.54) is 0 Å². The molecule has 0 amide bonds. The van der Waals surface area contributed by atoms with Crippen LogP contribution in [-0.2, 0) is 0 Å². The average molecular weight is 172 g/mol. The Bertz CT molecular complexity index is 293. The number of hydrogen-bond donors (Lipinski definition) is 1. The van der Waals surface area contributed by atoms with Crippen LogP contribution in [0.3, 0.4) is 0 Å². The van der Waals surface area contributed by atoms with Crippen LogP contribution in [0, 0.1) is 0 Å². The first-order chi connectivity index (χ1) is 6.45. The second kappa shape index (κ2) is 2.60. The van der Waals surface area contributed by atoms with Crippen molar-refractivity contribution in [2.75, 3.05) is 0 Å². The smallest absolute Gasteiger partial charge is 0.0996 e. The largest absolute Gasteiger partial charge is 0.350 e. The third-order valence-corrected chi connectivity index (χ3v) is 2.80. The van der Waals surface area contributed by atoms with Crippen molar-refractivity contribution < 1.29 is 0 Å². The van der Waals surface area contributed by atoms with E-state index < -0.39 is 0 Å². The molecule has 0 bridgehead atoms. The first-order valence-corrected chi connectivity index (χ1v) is 4.69. The van der Waals surface area contributed by atoms with E-state index in [-0.39, 0.29) is 0 Å². The van der Waals surface area contributed by atoms with Gasteiger partial charge >= 0.3 is 0 Å². The van der Waals surface area contributed by atoms with Gasteiger partial charge in [0.05, 0.1) is 18.2 Å². The SMILES string of the molecule is C1=CC2NC3C=CC=CN3C2C=C1. The van der Waals surface area contributed by atoms with E-state index >= 15 is 0 Å². The van der Waals surface area contributed by atoms with Crippen molar-refractivity contribution in [1.82, 2.24) is 10.2 Å². The van der Waals surface area contributed by atoms with Crippen LogP contribution >= 0.6 is 0 Å². The number of hydrogen-bond acceptors (Lipinski definition) is 2. The Labute approximate surface area is 77.9 Å². The molecule has 0 aromatic heterocycles.